The summed E-state index contributed by atoms with van der Waals surface area (Å²) < 4.78 is 20.8. The smallest absolute Gasteiger partial charge is 0.192 e. The molecule has 2 aliphatic rings. The maximum atomic E-state index is 7.24. The van der Waals surface area contributed by atoms with Crippen LogP contribution < -0.4 is 0 Å². The Balaban J connectivity index is 2.24. The number of hydrogen-bond acceptors (Lipinski definition) is 3. The van der Waals surface area contributed by atoms with Crippen LogP contribution in [0.2, 0.25) is 54.4 Å². The molecule has 0 N–H and O–H groups in total. The molecule has 0 radical (unpaired) electrons. The van der Waals surface area contributed by atoms with E-state index >= 15 is 0 Å². The maximum absolute atomic E-state index is 7.24. The van der Waals surface area contributed by atoms with Crippen LogP contribution in [-0.4, -0.2) is 43.8 Å². The molecule has 6 atom stereocenters. The van der Waals surface area contributed by atoms with Gasteiger partial charge in [0.2, 0.25) is 0 Å². The van der Waals surface area contributed by atoms with E-state index < -0.39 is 25.0 Å². The fourth-order valence-electron chi connectivity index (χ4n) is 6.17. The molecular formula is C40H76O3Si3. The third kappa shape index (κ3) is 11.3. The Morgan fingerprint density at radius 3 is 1.96 bits per heavy atom. The van der Waals surface area contributed by atoms with Crippen LogP contribution in [0, 0.1) is 35.5 Å². The van der Waals surface area contributed by atoms with Crippen LogP contribution in [0.25, 0.3) is 0 Å². The lowest BCUT2D eigenvalue weighted by atomic mass is 9.89. The van der Waals surface area contributed by atoms with Crippen LogP contribution in [-0.2, 0) is 13.3 Å². The van der Waals surface area contributed by atoms with Gasteiger partial charge < -0.3 is 13.3 Å². The highest BCUT2D eigenvalue weighted by molar-refractivity contribution is 6.75. The van der Waals surface area contributed by atoms with Gasteiger partial charge in [-0.3, -0.25) is 0 Å². The molecule has 0 aromatic rings. The highest BCUT2D eigenvalue weighted by Crippen LogP contribution is 2.53. The summed E-state index contributed by atoms with van der Waals surface area (Å²) in [7, 11) is -5.49. The fourth-order valence-corrected chi connectivity index (χ4v) is 9.97. The van der Waals surface area contributed by atoms with Crippen molar-refractivity contribution in [1.29, 1.82) is 0 Å². The molecule has 0 aliphatic heterocycles. The topological polar surface area (TPSA) is 27.7 Å². The van der Waals surface area contributed by atoms with Crippen molar-refractivity contribution in [3.8, 4) is 11.8 Å². The second kappa shape index (κ2) is 16.1. The monoisotopic (exact) mass is 689 g/mol. The van der Waals surface area contributed by atoms with Crippen molar-refractivity contribution in [2.24, 2.45) is 23.7 Å². The Morgan fingerprint density at radius 1 is 0.826 bits per heavy atom. The molecular weight excluding hydrogens is 613 g/mol. The molecule has 0 bridgehead atoms. The lowest BCUT2D eigenvalue weighted by molar-refractivity contribution is 0.144. The summed E-state index contributed by atoms with van der Waals surface area (Å²) in [4.78, 5) is 0. The fraction of sp³-hybridized carbons (Fsp3) is 0.850. The molecule has 0 aromatic heterocycles. The minimum absolute atomic E-state index is 0.0827. The van der Waals surface area contributed by atoms with Crippen molar-refractivity contribution in [3.05, 3.63) is 23.8 Å². The average Bonchev–Trinajstić information content (AvgIpc) is 3.41. The molecule has 6 heteroatoms. The Labute approximate surface area is 290 Å². The molecule has 0 aromatic carbocycles. The Bertz CT molecular complexity index is 1090. The van der Waals surface area contributed by atoms with Gasteiger partial charge in [-0.1, -0.05) is 93.0 Å². The molecule has 2 aliphatic carbocycles. The number of allylic oxidation sites excluding steroid dienone is 2. The summed E-state index contributed by atoms with van der Waals surface area (Å²) >= 11 is 0. The van der Waals surface area contributed by atoms with Gasteiger partial charge >= 0.3 is 0 Å². The van der Waals surface area contributed by atoms with Gasteiger partial charge in [-0.25, -0.2) is 0 Å². The molecule has 2 unspecified atom stereocenters. The van der Waals surface area contributed by atoms with Crippen molar-refractivity contribution < 1.29 is 13.3 Å². The van der Waals surface area contributed by atoms with E-state index in [0.717, 1.165) is 25.4 Å². The molecule has 2 fully saturated rings. The van der Waals surface area contributed by atoms with Crippen LogP contribution in [0.15, 0.2) is 23.8 Å². The summed E-state index contributed by atoms with van der Waals surface area (Å²) in [6, 6.07) is 0. The van der Waals surface area contributed by atoms with Crippen molar-refractivity contribution >= 4 is 25.0 Å². The summed E-state index contributed by atoms with van der Waals surface area (Å²) in [6.45, 7) is 40.6. The number of unbranched alkanes of at least 4 members (excludes halogenated alkanes) is 2. The summed E-state index contributed by atoms with van der Waals surface area (Å²) in [6.07, 6.45) is 16.1. The predicted molar refractivity (Wildman–Crippen MR) is 210 cm³/mol. The van der Waals surface area contributed by atoms with Gasteiger partial charge in [-0.15, -0.1) is 11.8 Å². The lowest BCUT2D eigenvalue weighted by Gasteiger charge is -2.41. The van der Waals surface area contributed by atoms with Gasteiger partial charge in [0.1, 0.15) is 0 Å². The van der Waals surface area contributed by atoms with Gasteiger partial charge in [-0.2, -0.15) is 0 Å². The molecule has 0 amide bonds. The lowest BCUT2D eigenvalue weighted by Crippen LogP contribution is -2.45. The first-order chi connectivity index (χ1) is 20.8. The first-order valence-corrected chi connectivity index (χ1v) is 27.3. The summed E-state index contributed by atoms with van der Waals surface area (Å²) in [5, 5.41) is 0.662. The first kappa shape index (κ1) is 41.7. The Morgan fingerprint density at radius 2 is 1.41 bits per heavy atom. The predicted octanol–water partition coefficient (Wildman–Crippen LogP) is 12.5. The van der Waals surface area contributed by atoms with E-state index in [1.165, 1.54) is 32.1 Å². The van der Waals surface area contributed by atoms with E-state index in [0.29, 0.717) is 23.9 Å². The second-order valence-electron chi connectivity index (χ2n) is 19.4. The number of fused-ring (bicyclic) bond motifs is 1. The van der Waals surface area contributed by atoms with Crippen molar-refractivity contribution in [2.45, 2.75) is 188 Å². The highest BCUT2D eigenvalue weighted by Gasteiger charge is 2.50. The van der Waals surface area contributed by atoms with Crippen LogP contribution in [0.5, 0.6) is 0 Å². The zero-order chi connectivity index (χ0) is 35.4. The third-order valence-corrected chi connectivity index (χ3v) is 26.1. The van der Waals surface area contributed by atoms with E-state index in [-0.39, 0.29) is 21.2 Å². The van der Waals surface area contributed by atoms with E-state index in [1.807, 2.05) is 6.92 Å². The molecule has 266 valence electrons. The first-order valence-electron chi connectivity index (χ1n) is 18.6. The number of rotatable bonds is 14. The third-order valence-electron chi connectivity index (χ3n) is 12.6. The normalized spacial score (nSPS) is 25.5. The zero-order valence-electron chi connectivity index (χ0n) is 33.6. The van der Waals surface area contributed by atoms with E-state index in [9.17, 15) is 0 Å². The van der Waals surface area contributed by atoms with Gasteiger partial charge in [0.15, 0.2) is 25.0 Å². The Kier molecular flexibility index (Phi) is 14.6. The minimum atomic E-state index is -1.95. The summed E-state index contributed by atoms with van der Waals surface area (Å²) in [5.41, 5.74) is 1.69. The molecule has 2 rings (SSSR count). The van der Waals surface area contributed by atoms with E-state index in [2.05, 4.69) is 139 Å². The molecule has 46 heavy (non-hydrogen) atoms. The van der Waals surface area contributed by atoms with Gasteiger partial charge in [0.05, 0.1) is 12.2 Å². The van der Waals surface area contributed by atoms with Crippen molar-refractivity contribution in [3.63, 3.8) is 0 Å². The second-order valence-corrected chi connectivity index (χ2v) is 33.7. The average molecular weight is 689 g/mol. The van der Waals surface area contributed by atoms with Crippen LogP contribution in [0.1, 0.15) is 121 Å². The Hall–Kier alpha value is -0.429. The minimum Gasteiger partial charge on any atom is -0.417 e. The molecule has 3 nitrogen and oxygen atoms in total. The van der Waals surface area contributed by atoms with Crippen LogP contribution in [0.4, 0.5) is 0 Å². The van der Waals surface area contributed by atoms with E-state index in [4.69, 9.17) is 13.3 Å². The summed E-state index contributed by atoms with van der Waals surface area (Å²) in [5.74, 6) is 8.65. The van der Waals surface area contributed by atoms with Gasteiger partial charge in [-0.05, 0) is 118 Å². The zero-order valence-corrected chi connectivity index (χ0v) is 36.6. The van der Waals surface area contributed by atoms with Crippen LogP contribution >= 0.6 is 0 Å². The van der Waals surface area contributed by atoms with Crippen LogP contribution in [0.3, 0.4) is 0 Å². The quantitative estimate of drug-likeness (QED) is 0.0787. The maximum Gasteiger partial charge on any atom is 0.192 e. The highest BCUT2D eigenvalue weighted by atomic mass is 28.4. The standard InChI is InChI=1S/C40H76O3Si3/c1-18-19-23-31(2)36(42-45(14,15)39(6,7)8)26-25-34-35-29-32(24-21-20-22-27-41-44(12,13)38(3,4)5)28-33(35)30-37(34)43-46(16,17)40(9,10)11/h24-26,31,33-37H,20-23,27-30H2,1-17H3/b26-25+,32-24+/t31?,33-,34+,35-,36?,37+/m0/s1. The van der Waals surface area contributed by atoms with E-state index in [1.54, 1.807) is 5.57 Å². The largest absolute Gasteiger partial charge is 0.417 e. The number of hydrogen-bond donors (Lipinski definition) is 0. The van der Waals surface area contributed by atoms with Gasteiger partial charge in [0.25, 0.3) is 0 Å². The van der Waals surface area contributed by atoms with Gasteiger partial charge in [0, 0.05) is 18.9 Å². The molecule has 2 saturated carbocycles. The molecule has 0 heterocycles. The molecule has 0 saturated heterocycles. The van der Waals surface area contributed by atoms with Crippen molar-refractivity contribution in [2.75, 3.05) is 6.61 Å². The SMILES string of the molecule is CC#CCC(C)C(/C=C/[C@@H]1[C@H]2C/C(=C/CCCCO[Si](C)(C)C(C)(C)C)C[C@H]2C[C@H]1O[Si](C)(C)C(C)(C)C)O[Si](C)(C)C(C)(C)C. The molecule has 0 spiro atoms. The van der Waals surface area contributed by atoms with Crippen molar-refractivity contribution in [1.82, 2.24) is 0 Å².